The van der Waals surface area contributed by atoms with Gasteiger partial charge in [0.1, 0.15) is 0 Å². The molecule has 0 unspecified atom stereocenters. The monoisotopic (exact) mass is 330 g/mol. The Balaban J connectivity index is 2.18. The van der Waals surface area contributed by atoms with Crippen molar-refractivity contribution in [3.63, 3.8) is 0 Å². The van der Waals surface area contributed by atoms with Gasteiger partial charge in [0.05, 0.1) is 5.56 Å². The molecule has 0 aliphatic carbocycles. The number of rotatable bonds is 4. The van der Waals surface area contributed by atoms with Gasteiger partial charge in [-0.3, -0.25) is 4.79 Å². The number of nitrogens with zero attached hydrogens (tertiary/aromatic N) is 1. The quantitative estimate of drug-likeness (QED) is 0.665. The SMILES string of the molecule is O=C(O)c1cccc(CSc2nc(C(F)(F)F)cc(=O)[nH]2)c1. The molecule has 0 amide bonds. The predicted molar refractivity (Wildman–Crippen MR) is 72.8 cm³/mol. The van der Waals surface area contributed by atoms with Crippen molar-refractivity contribution in [1.29, 1.82) is 0 Å². The number of carboxylic acids is 1. The zero-order valence-electron chi connectivity index (χ0n) is 10.8. The molecular formula is C13H9F3N2O3S. The third kappa shape index (κ3) is 4.10. The van der Waals surface area contributed by atoms with Gasteiger partial charge in [-0.05, 0) is 17.7 Å². The first-order valence-electron chi connectivity index (χ1n) is 5.89. The molecule has 22 heavy (non-hydrogen) atoms. The summed E-state index contributed by atoms with van der Waals surface area (Å²) in [7, 11) is 0. The number of H-pyrrole nitrogens is 1. The molecule has 1 aromatic heterocycles. The Morgan fingerprint density at radius 2 is 2.05 bits per heavy atom. The zero-order chi connectivity index (χ0) is 16.3. The molecule has 0 spiro atoms. The number of carboxylic acid groups (broad SMARTS) is 1. The zero-order valence-corrected chi connectivity index (χ0v) is 11.7. The fourth-order valence-electron chi connectivity index (χ4n) is 1.59. The lowest BCUT2D eigenvalue weighted by Crippen LogP contribution is -2.16. The van der Waals surface area contributed by atoms with Crippen molar-refractivity contribution in [3.05, 3.63) is 57.5 Å². The summed E-state index contributed by atoms with van der Waals surface area (Å²) in [5.74, 6) is -0.928. The number of alkyl halides is 3. The van der Waals surface area contributed by atoms with E-state index in [1.807, 2.05) is 0 Å². The predicted octanol–water partition coefficient (Wildman–Crippen LogP) is 2.78. The molecule has 2 rings (SSSR count). The number of halogens is 3. The number of nitrogens with one attached hydrogen (secondary N) is 1. The minimum absolute atomic E-state index is 0.0728. The van der Waals surface area contributed by atoms with Crippen LogP contribution in [0.1, 0.15) is 21.6 Å². The largest absolute Gasteiger partial charge is 0.478 e. The number of hydrogen-bond acceptors (Lipinski definition) is 4. The summed E-state index contributed by atoms with van der Waals surface area (Å²) < 4.78 is 37.7. The third-order valence-corrected chi connectivity index (χ3v) is 3.50. The summed E-state index contributed by atoms with van der Waals surface area (Å²) in [6, 6.07) is 6.35. The van der Waals surface area contributed by atoms with E-state index in [1.54, 1.807) is 6.07 Å². The fourth-order valence-corrected chi connectivity index (χ4v) is 2.41. The van der Waals surface area contributed by atoms with Gasteiger partial charge in [-0.15, -0.1) is 0 Å². The normalized spacial score (nSPS) is 11.4. The van der Waals surface area contributed by atoms with E-state index in [0.717, 1.165) is 11.8 Å². The number of benzene rings is 1. The van der Waals surface area contributed by atoms with Crippen molar-refractivity contribution in [2.75, 3.05) is 0 Å². The molecule has 0 atom stereocenters. The van der Waals surface area contributed by atoms with Gasteiger partial charge >= 0.3 is 12.1 Å². The second kappa shape index (κ2) is 6.22. The van der Waals surface area contributed by atoms with Gasteiger partial charge in [0, 0.05) is 11.8 Å². The Labute approximate surface area is 126 Å². The maximum atomic E-state index is 12.6. The molecule has 0 radical (unpaired) electrons. The molecule has 116 valence electrons. The van der Waals surface area contributed by atoms with Crippen LogP contribution in [0.4, 0.5) is 13.2 Å². The molecule has 0 saturated heterocycles. The Hall–Kier alpha value is -2.29. The molecule has 1 heterocycles. The van der Waals surface area contributed by atoms with Gasteiger partial charge in [0.25, 0.3) is 5.56 Å². The highest BCUT2D eigenvalue weighted by atomic mass is 32.2. The molecular weight excluding hydrogens is 321 g/mol. The summed E-state index contributed by atoms with van der Waals surface area (Å²) in [6.07, 6.45) is -4.70. The number of aromatic amines is 1. The summed E-state index contributed by atoms with van der Waals surface area (Å²) in [5.41, 5.74) is -1.50. The van der Waals surface area contributed by atoms with E-state index in [9.17, 15) is 22.8 Å². The van der Waals surface area contributed by atoms with E-state index in [2.05, 4.69) is 9.97 Å². The molecule has 0 aliphatic heterocycles. The van der Waals surface area contributed by atoms with Gasteiger partial charge in [-0.2, -0.15) is 13.2 Å². The van der Waals surface area contributed by atoms with Crippen LogP contribution in [0.2, 0.25) is 0 Å². The van der Waals surface area contributed by atoms with E-state index < -0.39 is 23.4 Å². The first-order chi connectivity index (χ1) is 10.3. The van der Waals surface area contributed by atoms with Gasteiger partial charge < -0.3 is 10.1 Å². The van der Waals surface area contributed by atoms with Crippen molar-refractivity contribution in [3.8, 4) is 0 Å². The fraction of sp³-hybridized carbons (Fsp3) is 0.154. The average molecular weight is 330 g/mol. The number of carbonyl (C=O) groups is 1. The van der Waals surface area contributed by atoms with Crippen LogP contribution in [0, 0.1) is 0 Å². The lowest BCUT2D eigenvalue weighted by atomic mass is 10.1. The molecule has 0 bridgehead atoms. The maximum absolute atomic E-state index is 12.6. The van der Waals surface area contributed by atoms with Crippen LogP contribution in [0.3, 0.4) is 0 Å². The molecule has 9 heteroatoms. The Morgan fingerprint density at radius 1 is 1.32 bits per heavy atom. The van der Waals surface area contributed by atoms with E-state index >= 15 is 0 Å². The average Bonchev–Trinajstić information content (AvgIpc) is 2.44. The van der Waals surface area contributed by atoms with Crippen molar-refractivity contribution < 1.29 is 23.1 Å². The van der Waals surface area contributed by atoms with E-state index in [4.69, 9.17) is 5.11 Å². The Morgan fingerprint density at radius 3 is 2.68 bits per heavy atom. The topological polar surface area (TPSA) is 83.0 Å². The number of aromatic carboxylic acids is 1. The highest BCUT2D eigenvalue weighted by molar-refractivity contribution is 7.98. The number of hydrogen-bond donors (Lipinski definition) is 2. The highest BCUT2D eigenvalue weighted by Crippen LogP contribution is 2.28. The minimum atomic E-state index is -4.70. The van der Waals surface area contributed by atoms with Crippen molar-refractivity contribution in [2.45, 2.75) is 17.1 Å². The highest BCUT2D eigenvalue weighted by Gasteiger charge is 2.33. The smallest absolute Gasteiger partial charge is 0.433 e. The maximum Gasteiger partial charge on any atom is 0.433 e. The van der Waals surface area contributed by atoms with Crippen LogP contribution in [-0.2, 0) is 11.9 Å². The summed E-state index contributed by atoms with van der Waals surface area (Å²) in [4.78, 5) is 27.6. The van der Waals surface area contributed by atoms with E-state index in [1.165, 1.54) is 18.2 Å². The van der Waals surface area contributed by atoms with Gasteiger partial charge in [0.2, 0.25) is 0 Å². The van der Waals surface area contributed by atoms with Gasteiger partial charge in [-0.25, -0.2) is 9.78 Å². The summed E-state index contributed by atoms with van der Waals surface area (Å²) in [6.45, 7) is 0. The minimum Gasteiger partial charge on any atom is -0.478 e. The molecule has 2 N–H and O–H groups in total. The summed E-state index contributed by atoms with van der Waals surface area (Å²) in [5, 5.41) is 8.69. The Kier molecular flexibility index (Phi) is 4.55. The lowest BCUT2D eigenvalue weighted by Gasteiger charge is -2.07. The standard InChI is InChI=1S/C13H9F3N2O3S/c14-13(15,16)9-5-10(19)18-12(17-9)22-6-7-2-1-3-8(4-7)11(20)21/h1-5H,6H2,(H,20,21)(H,17,18,19). The van der Waals surface area contributed by atoms with Crippen molar-refractivity contribution >= 4 is 17.7 Å². The first kappa shape index (κ1) is 16.1. The van der Waals surface area contributed by atoms with Crippen molar-refractivity contribution in [1.82, 2.24) is 9.97 Å². The van der Waals surface area contributed by atoms with E-state index in [-0.39, 0.29) is 16.5 Å². The van der Waals surface area contributed by atoms with Gasteiger partial charge in [0.15, 0.2) is 10.9 Å². The second-order valence-electron chi connectivity index (χ2n) is 4.23. The van der Waals surface area contributed by atoms with Crippen LogP contribution in [0.15, 0.2) is 40.3 Å². The molecule has 0 saturated carbocycles. The number of thioether (sulfide) groups is 1. The molecule has 1 aromatic carbocycles. The Bertz CT molecular complexity index is 759. The van der Waals surface area contributed by atoms with Crippen LogP contribution in [0.25, 0.3) is 0 Å². The van der Waals surface area contributed by atoms with Crippen LogP contribution in [-0.4, -0.2) is 21.0 Å². The molecule has 0 fully saturated rings. The molecule has 5 nitrogen and oxygen atoms in total. The van der Waals surface area contributed by atoms with Crippen LogP contribution >= 0.6 is 11.8 Å². The third-order valence-electron chi connectivity index (χ3n) is 2.56. The lowest BCUT2D eigenvalue weighted by molar-refractivity contribution is -0.141. The number of aromatic nitrogens is 2. The second-order valence-corrected chi connectivity index (χ2v) is 5.19. The summed E-state index contributed by atoms with van der Waals surface area (Å²) >= 11 is 0.879. The van der Waals surface area contributed by atoms with E-state index in [0.29, 0.717) is 11.6 Å². The molecule has 2 aromatic rings. The van der Waals surface area contributed by atoms with Crippen LogP contribution in [0.5, 0.6) is 0 Å². The van der Waals surface area contributed by atoms with Crippen LogP contribution < -0.4 is 5.56 Å². The first-order valence-corrected chi connectivity index (χ1v) is 6.88. The van der Waals surface area contributed by atoms with Crippen molar-refractivity contribution in [2.24, 2.45) is 0 Å². The van der Waals surface area contributed by atoms with Gasteiger partial charge in [-0.1, -0.05) is 23.9 Å². The molecule has 0 aliphatic rings.